The third kappa shape index (κ3) is 3.61. The summed E-state index contributed by atoms with van der Waals surface area (Å²) >= 11 is 0. The van der Waals surface area contributed by atoms with Crippen LogP contribution in [0, 0.1) is 0 Å². The lowest BCUT2D eigenvalue weighted by molar-refractivity contribution is 0.276. The average Bonchev–Trinajstić information content (AvgIpc) is 2.02. The fraction of sp³-hybridized carbons (Fsp3) is 0.636. The number of hydrogen-bond acceptors (Lipinski definition) is 1. The molecular weight excluding hydrogens is 148 g/mol. The van der Waals surface area contributed by atoms with Crippen molar-refractivity contribution in [1.82, 2.24) is 0 Å². The van der Waals surface area contributed by atoms with Crippen LogP contribution >= 0.6 is 0 Å². The molecule has 1 nitrogen and oxygen atoms in total. The van der Waals surface area contributed by atoms with Crippen molar-refractivity contribution >= 4 is 0 Å². The van der Waals surface area contributed by atoms with Gasteiger partial charge >= 0.3 is 0 Å². The number of rotatable bonds is 3. The molecule has 0 atom stereocenters. The summed E-state index contributed by atoms with van der Waals surface area (Å²) in [5.41, 5.74) is 1.45. The Labute approximate surface area is 75.1 Å². The summed E-state index contributed by atoms with van der Waals surface area (Å²) in [6.45, 7) is 4.29. The Hall–Kier alpha value is -0.720. The van der Waals surface area contributed by atoms with E-state index in [1.807, 2.05) is 0 Å². The van der Waals surface area contributed by atoms with Gasteiger partial charge in [0.2, 0.25) is 0 Å². The monoisotopic (exact) mass is 166 g/mol. The number of allylic oxidation sites excluding steroid dienone is 1. The molecule has 0 saturated carbocycles. The summed E-state index contributed by atoms with van der Waals surface area (Å²) in [5.74, 6) is 0. The molecule has 0 aromatic carbocycles. The third-order valence-electron chi connectivity index (χ3n) is 2.27. The highest BCUT2D eigenvalue weighted by Crippen LogP contribution is 2.16. The smallest absolute Gasteiger partial charge is 0.108 e. The maximum Gasteiger partial charge on any atom is 0.108 e. The Kier molecular flexibility index (Phi) is 4.58. The third-order valence-corrected chi connectivity index (χ3v) is 2.27. The molecule has 1 heteroatoms. The highest BCUT2D eigenvalue weighted by molar-refractivity contribution is 5.03. The molecule has 0 fully saturated rings. The maximum atomic E-state index is 5.16. The van der Waals surface area contributed by atoms with E-state index in [4.69, 9.17) is 4.74 Å². The molecule has 0 aliphatic heterocycles. The lowest BCUT2D eigenvalue weighted by atomic mass is 10.0. The van der Waals surface area contributed by atoms with E-state index in [1.54, 1.807) is 0 Å². The van der Waals surface area contributed by atoms with E-state index in [0.29, 0.717) is 0 Å². The molecule has 0 aromatic rings. The van der Waals surface area contributed by atoms with Gasteiger partial charge in [-0.3, -0.25) is 0 Å². The zero-order valence-electron chi connectivity index (χ0n) is 7.72. The molecule has 1 aliphatic carbocycles. The van der Waals surface area contributed by atoms with Crippen LogP contribution < -0.4 is 0 Å². The van der Waals surface area contributed by atoms with Crippen LogP contribution in [-0.4, -0.2) is 6.61 Å². The van der Waals surface area contributed by atoms with Crippen molar-refractivity contribution in [1.29, 1.82) is 0 Å². The lowest BCUT2D eigenvalue weighted by Gasteiger charge is -2.10. The van der Waals surface area contributed by atoms with Gasteiger partial charge in [0.25, 0.3) is 0 Å². The molecule has 0 radical (unpaired) electrons. The molecular formula is C11H18O. The van der Waals surface area contributed by atoms with Gasteiger partial charge < -0.3 is 4.74 Å². The maximum absolute atomic E-state index is 5.16. The van der Waals surface area contributed by atoms with Gasteiger partial charge in [0.05, 0.1) is 6.26 Å². The molecule has 0 heterocycles. The molecule has 0 spiro atoms. The quantitative estimate of drug-likeness (QED) is 0.461. The van der Waals surface area contributed by atoms with Crippen molar-refractivity contribution in [3.8, 4) is 0 Å². The Bertz CT molecular complexity index is 158. The van der Waals surface area contributed by atoms with Crippen molar-refractivity contribution in [2.24, 2.45) is 0 Å². The van der Waals surface area contributed by atoms with E-state index in [2.05, 4.69) is 12.7 Å². The van der Waals surface area contributed by atoms with Gasteiger partial charge in [-0.2, -0.15) is 0 Å². The van der Waals surface area contributed by atoms with E-state index < -0.39 is 0 Å². The van der Waals surface area contributed by atoms with Gasteiger partial charge in [0.1, 0.15) is 6.61 Å². The molecule has 0 N–H and O–H groups in total. The number of hydrogen-bond donors (Lipinski definition) is 0. The molecule has 0 bridgehead atoms. The molecule has 0 aromatic heterocycles. The fourth-order valence-corrected chi connectivity index (χ4v) is 1.56. The minimum Gasteiger partial charge on any atom is -0.497 e. The van der Waals surface area contributed by atoms with Crippen molar-refractivity contribution in [2.45, 2.75) is 38.5 Å². The predicted octanol–water partition coefficient (Wildman–Crippen LogP) is 3.43. The fourth-order valence-electron chi connectivity index (χ4n) is 1.56. The minimum absolute atomic E-state index is 0.753. The minimum atomic E-state index is 0.753. The second-order valence-corrected chi connectivity index (χ2v) is 3.29. The topological polar surface area (TPSA) is 9.23 Å². The van der Waals surface area contributed by atoms with Gasteiger partial charge in [-0.15, -0.1) is 0 Å². The van der Waals surface area contributed by atoms with Crippen LogP contribution in [-0.2, 0) is 4.74 Å². The first kappa shape index (κ1) is 9.37. The summed E-state index contributed by atoms with van der Waals surface area (Å²) in [6.07, 6.45) is 11.8. The van der Waals surface area contributed by atoms with Crippen LogP contribution in [0.15, 0.2) is 24.5 Å². The first-order valence-electron chi connectivity index (χ1n) is 4.84. The zero-order chi connectivity index (χ0) is 8.65. The van der Waals surface area contributed by atoms with Crippen LogP contribution in [0.2, 0.25) is 0 Å². The predicted molar refractivity (Wildman–Crippen MR) is 51.9 cm³/mol. The second kappa shape index (κ2) is 5.87. The SMILES string of the molecule is C=COC/C1=C/CCCCCC1. The Balaban J connectivity index is 2.31. The van der Waals surface area contributed by atoms with Crippen LogP contribution in [0.25, 0.3) is 0 Å². The van der Waals surface area contributed by atoms with E-state index in [-0.39, 0.29) is 0 Å². The molecule has 1 rings (SSSR count). The van der Waals surface area contributed by atoms with E-state index in [1.165, 1.54) is 50.4 Å². The van der Waals surface area contributed by atoms with Crippen LogP contribution in [0.5, 0.6) is 0 Å². The number of ether oxygens (including phenoxy) is 1. The Morgan fingerprint density at radius 3 is 3.00 bits per heavy atom. The molecule has 0 unspecified atom stereocenters. The van der Waals surface area contributed by atoms with Crippen molar-refractivity contribution in [3.63, 3.8) is 0 Å². The van der Waals surface area contributed by atoms with Crippen LogP contribution in [0.3, 0.4) is 0 Å². The molecule has 68 valence electrons. The standard InChI is InChI=1S/C11H18O/c1-2-12-10-11-8-6-4-3-5-7-9-11/h2,8H,1,3-7,9-10H2/b11-8+. The Morgan fingerprint density at radius 2 is 2.17 bits per heavy atom. The highest BCUT2D eigenvalue weighted by atomic mass is 16.5. The summed E-state index contributed by atoms with van der Waals surface area (Å²) in [5, 5.41) is 0. The van der Waals surface area contributed by atoms with E-state index in [0.717, 1.165) is 6.61 Å². The Morgan fingerprint density at radius 1 is 1.33 bits per heavy atom. The van der Waals surface area contributed by atoms with Crippen molar-refractivity contribution < 1.29 is 4.74 Å². The molecule has 1 aliphatic rings. The summed E-state index contributed by atoms with van der Waals surface area (Å²) in [4.78, 5) is 0. The van der Waals surface area contributed by atoms with Crippen LogP contribution in [0.1, 0.15) is 38.5 Å². The van der Waals surface area contributed by atoms with Gasteiger partial charge in [-0.25, -0.2) is 0 Å². The van der Waals surface area contributed by atoms with E-state index in [9.17, 15) is 0 Å². The zero-order valence-corrected chi connectivity index (χ0v) is 7.72. The molecule has 12 heavy (non-hydrogen) atoms. The summed E-state index contributed by atoms with van der Waals surface area (Å²) in [6, 6.07) is 0. The van der Waals surface area contributed by atoms with Gasteiger partial charge in [0.15, 0.2) is 0 Å². The molecule has 0 amide bonds. The van der Waals surface area contributed by atoms with E-state index >= 15 is 0 Å². The lowest BCUT2D eigenvalue weighted by Crippen LogP contribution is -1.96. The second-order valence-electron chi connectivity index (χ2n) is 3.29. The summed E-state index contributed by atoms with van der Waals surface area (Å²) in [7, 11) is 0. The summed E-state index contributed by atoms with van der Waals surface area (Å²) < 4.78 is 5.16. The largest absolute Gasteiger partial charge is 0.497 e. The van der Waals surface area contributed by atoms with Gasteiger partial charge in [0, 0.05) is 0 Å². The highest BCUT2D eigenvalue weighted by Gasteiger charge is 2.01. The first-order valence-corrected chi connectivity index (χ1v) is 4.84. The van der Waals surface area contributed by atoms with Crippen molar-refractivity contribution in [2.75, 3.05) is 6.61 Å². The van der Waals surface area contributed by atoms with Gasteiger partial charge in [-0.1, -0.05) is 25.5 Å². The molecule has 0 saturated heterocycles. The van der Waals surface area contributed by atoms with Gasteiger partial charge in [-0.05, 0) is 31.3 Å². The normalized spacial score (nSPS) is 23.2. The average molecular weight is 166 g/mol. The van der Waals surface area contributed by atoms with Crippen LogP contribution in [0.4, 0.5) is 0 Å². The first-order chi connectivity index (χ1) is 5.93. The van der Waals surface area contributed by atoms with Crippen molar-refractivity contribution in [3.05, 3.63) is 24.5 Å².